The minimum atomic E-state index is -0.00999. The number of likely N-dealkylation sites (N-methyl/N-ethyl adjacent to an activating group) is 1. The zero-order chi connectivity index (χ0) is 16.9. The van der Waals surface area contributed by atoms with Gasteiger partial charge in [-0.25, -0.2) is 9.78 Å². The second-order valence-corrected chi connectivity index (χ2v) is 7.25. The zero-order valence-corrected chi connectivity index (χ0v) is 15.4. The van der Waals surface area contributed by atoms with Crippen LogP contribution in [-0.4, -0.2) is 80.3 Å². The summed E-state index contributed by atoms with van der Waals surface area (Å²) in [5, 5.41) is 4.02. The Morgan fingerprint density at radius 1 is 1.29 bits per heavy atom. The molecule has 0 atom stereocenters. The number of piperazine rings is 1. The molecule has 0 spiro atoms. The van der Waals surface area contributed by atoms with Gasteiger partial charge in [-0.2, -0.15) is 0 Å². The summed E-state index contributed by atoms with van der Waals surface area (Å²) in [6.07, 6.45) is 0.846. The van der Waals surface area contributed by atoms with Gasteiger partial charge >= 0.3 is 6.03 Å². The molecule has 0 bridgehead atoms. The Morgan fingerprint density at radius 2 is 2.08 bits per heavy atom. The normalized spacial score (nSPS) is 18.6. The van der Waals surface area contributed by atoms with Gasteiger partial charge in [-0.3, -0.25) is 0 Å². The molecule has 0 aromatic carbocycles. The number of methoxy groups -OCH3 is 1. The molecule has 1 N–H and O–H groups in total. The molecule has 3 heterocycles. The molecule has 1 saturated heterocycles. The zero-order valence-electron chi connectivity index (χ0n) is 14.6. The van der Waals surface area contributed by atoms with E-state index in [0.29, 0.717) is 19.7 Å². The van der Waals surface area contributed by atoms with Crippen molar-refractivity contribution in [1.82, 2.24) is 20.1 Å². The van der Waals surface area contributed by atoms with Crippen LogP contribution < -0.4 is 10.2 Å². The summed E-state index contributed by atoms with van der Waals surface area (Å²) >= 11 is 1.75. The smallest absolute Gasteiger partial charge is 0.317 e. The predicted molar refractivity (Wildman–Crippen MR) is 95.8 cm³/mol. The fourth-order valence-corrected chi connectivity index (χ4v) is 4.29. The fraction of sp³-hybridized carbons (Fsp3) is 0.750. The maximum atomic E-state index is 12.2. The Labute approximate surface area is 147 Å². The number of hydrogen-bond donors (Lipinski definition) is 1. The molecule has 8 heteroatoms. The van der Waals surface area contributed by atoms with Crippen LogP contribution in [0.3, 0.4) is 0 Å². The molecule has 0 saturated carbocycles. The lowest BCUT2D eigenvalue weighted by molar-refractivity contribution is 0.176. The Morgan fingerprint density at radius 3 is 2.79 bits per heavy atom. The van der Waals surface area contributed by atoms with Gasteiger partial charge in [-0.1, -0.05) is 18.3 Å². The van der Waals surface area contributed by atoms with Crippen LogP contribution in [0.25, 0.3) is 0 Å². The lowest BCUT2D eigenvalue weighted by Gasteiger charge is -2.33. The third kappa shape index (κ3) is 3.99. The van der Waals surface area contributed by atoms with Crippen molar-refractivity contribution < 1.29 is 9.53 Å². The van der Waals surface area contributed by atoms with E-state index in [0.717, 1.165) is 50.8 Å². The van der Waals surface area contributed by atoms with Gasteiger partial charge in [0.05, 0.1) is 18.8 Å². The van der Waals surface area contributed by atoms with Crippen LogP contribution in [0.5, 0.6) is 0 Å². The van der Waals surface area contributed by atoms with Gasteiger partial charge in [-0.15, -0.1) is 0 Å². The standard InChI is InChI=1S/C16H27N5O2S/c1-3-19-7-9-20(10-8-19)16-18-13-4-6-21(12-14(13)24-16)15(22)17-5-11-23-2/h3-12H2,1-2H3,(H,17,22). The summed E-state index contributed by atoms with van der Waals surface area (Å²) in [4.78, 5) is 25.0. The maximum Gasteiger partial charge on any atom is 0.317 e. The van der Waals surface area contributed by atoms with Crippen molar-refractivity contribution in [2.45, 2.75) is 19.9 Å². The highest BCUT2D eigenvalue weighted by Crippen LogP contribution is 2.31. The van der Waals surface area contributed by atoms with Crippen LogP contribution in [0, 0.1) is 0 Å². The molecule has 2 amide bonds. The molecule has 7 nitrogen and oxygen atoms in total. The van der Waals surface area contributed by atoms with Gasteiger partial charge in [0.15, 0.2) is 5.13 Å². The van der Waals surface area contributed by atoms with Gasteiger partial charge < -0.3 is 24.8 Å². The third-order valence-electron chi connectivity index (χ3n) is 4.68. The highest BCUT2D eigenvalue weighted by molar-refractivity contribution is 7.15. The number of rotatable bonds is 5. The van der Waals surface area contributed by atoms with E-state index in [2.05, 4.69) is 22.0 Å². The van der Waals surface area contributed by atoms with Crippen molar-refractivity contribution in [1.29, 1.82) is 0 Å². The van der Waals surface area contributed by atoms with Crippen LogP contribution in [-0.2, 0) is 17.7 Å². The second-order valence-electron chi connectivity index (χ2n) is 6.18. The van der Waals surface area contributed by atoms with Crippen molar-refractivity contribution in [2.24, 2.45) is 0 Å². The van der Waals surface area contributed by atoms with E-state index < -0.39 is 0 Å². The molecule has 0 unspecified atom stereocenters. The van der Waals surface area contributed by atoms with Crippen molar-refractivity contribution in [2.75, 3.05) is 64.4 Å². The van der Waals surface area contributed by atoms with E-state index in [-0.39, 0.29) is 6.03 Å². The molecule has 2 aliphatic rings. The number of hydrogen-bond acceptors (Lipinski definition) is 6. The molecule has 0 aliphatic carbocycles. The summed E-state index contributed by atoms with van der Waals surface area (Å²) in [7, 11) is 1.64. The summed E-state index contributed by atoms with van der Waals surface area (Å²) in [5.41, 5.74) is 1.17. The van der Waals surface area contributed by atoms with E-state index in [9.17, 15) is 4.79 Å². The van der Waals surface area contributed by atoms with Gasteiger partial charge in [0, 0.05) is 57.7 Å². The fourth-order valence-electron chi connectivity index (χ4n) is 3.12. The van der Waals surface area contributed by atoms with Gasteiger partial charge in [0.1, 0.15) is 0 Å². The monoisotopic (exact) mass is 353 g/mol. The molecule has 2 aliphatic heterocycles. The Hall–Kier alpha value is -1.38. The number of nitrogens with zero attached hydrogens (tertiary/aromatic N) is 4. The van der Waals surface area contributed by atoms with Crippen molar-refractivity contribution in [3.05, 3.63) is 10.6 Å². The van der Waals surface area contributed by atoms with Crippen LogP contribution in [0.15, 0.2) is 0 Å². The number of thiazole rings is 1. The molecule has 3 rings (SSSR count). The molecule has 24 heavy (non-hydrogen) atoms. The van der Waals surface area contributed by atoms with E-state index in [1.807, 2.05) is 4.90 Å². The Bertz CT molecular complexity index is 557. The molecule has 134 valence electrons. The first kappa shape index (κ1) is 17.4. The van der Waals surface area contributed by atoms with Crippen LogP contribution in [0.1, 0.15) is 17.5 Å². The lowest BCUT2D eigenvalue weighted by Crippen LogP contribution is -2.46. The van der Waals surface area contributed by atoms with Crippen molar-refractivity contribution >= 4 is 22.5 Å². The van der Waals surface area contributed by atoms with Crippen LogP contribution in [0.4, 0.5) is 9.93 Å². The lowest BCUT2D eigenvalue weighted by atomic mass is 10.2. The summed E-state index contributed by atoms with van der Waals surface area (Å²) < 4.78 is 4.97. The van der Waals surface area contributed by atoms with E-state index in [4.69, 9.17) is 9.72 Å². The number of amides is 2. The number of urea groups is 1. The second kappa shape index (κ2) is 8.13. The average molecular weight is 353 g/mol. The Kier molecular flexibility index (Phi) is 5.91. The largest absolute Gasteiger partial charge is 0.383 e. The molecular formula is C16H27N5O2S. The van der Waals surface area contributed by atoms with E-state index >= 15 is 0 Å². The van der Waals surface area contributed by atoms with Crippen molar-refractivity contribution in [3.63, 3.8) is 0 Å². The average Bonchev–Trinajstić information content (AvgIpc) is 3.05. The summed E-state index contributed by atoms with van der Waals surface area (Å²) in [6, 6.07) is -0.00999. The first-order valence-corrected chi connectivity index (χ1v) is 9.50. The number of carbonyl (C=O) groups is 1. The van der Waals surface area contributed by atoms with E-state index in [1.54, 1.807) is 18.4 Å². The highest BCUT2D eigenvalue weighted by Gasteiger charge is 2.26. The Balaban J connectivity index is 1.57. The van der Waals surface area contributed by atoms with Gasteiger partial charge in [0.25, 0.3) is 0 Å². The minimum Gasteiger partial charge on any atom is -0.383 e. The molecular weight excluding hydrogens is 326 g/mol. The SMILES string of the molecule is CCN1CCN(c2nc3c(s2)CN(C(=O)NCCOC)CC3)CC1. The minimum absolute atomic E-state index is 0.00999. The van der Waals surface area contributed by atoms with Gasteiger partial charge in [0.2, 0.25) is 0 Å². The first-order chi connectivity index (χ1) is 11.7. The van der Waals surface area contributed by atoms with E-state index in [1.165, 1.54) is 10.6 Å². The molecule has 1 aromatic rings. The van der Waals surface area contributed by atoms with Crippen molar-refractivity contribution in [3.8, 4) is 0 Å². The maximum absolute atomic E-state index is 12.2. The number of carbonyl (C=O) groups excluding carboxylic acids is 1. The first-order valence-electron chi connectivity index (χ1n) is 8.69. The summed E-state index contributed by atoms with van der Waals surface area (Å²) in [6.45, 7) is 10.1. The quantitative estimate of drug-likeness (QED) is 0.800. The summed E-state index contributed by atoms with van der Waals surface area (Å²) in [5.74, 6) is 0. The van der Waals surface area contributed by atoms with Crippen LogP contribution >= 0.6 is 11.3 Å². The molecule has 1 aromatic heterocycles. The van der Waals surface area contributed by atoms with Crippen LogP contribution in [0.2, 0.25) is 0 Å². The third-order valence-corrected chi connectivity index (χ3v) is 5.82. The number of anilines is 1. The number of ether oxygens (including phenoxy) is 1. The highest BCUT2D eigenvalue weighted by atomic mass is 32.1. The van der Waals surface area contributed by atoms with Gasteiger partial charge in [-0.05, 0) is 6.54 Å². The number of aromatic nitrogens is 1. The topological polar surface area (TPSA) is 60.9 Å². The predicted octanol–water partition coefficient (Wildman–Crippen LogP) is 0.999. The molecule has 0 radical (unpaired) electrons. The number of nitrogens with one attached hydrogen (secondary N) is 1. The molecule has 1 fully saturated rings. The number of fused-ring (bicyclic) bond motifs is 1.